The van der Waals surface area contributed by atoms with Gasteiger partial charge >= 0.3 is 0 Å². The van der Waals surface area contributed by atoms with E-state index in [2.05, 4.69) is 47.6 Å². The lowest BCUT2D eigenvalue weighted by atomic mass is 10.0. The second-order valence-corrected chi connectivity index (χ2v) is 6.33. The van der Waals surface area contributed by atoms with Gasteiger partial charge in [0.1, 0.15) is 5.75 Å². The lowest BCUT2D eigenvalue weighted by Crippen LogP contribution is -1.93. The van der Waals surface area contributed by atoms with Crippen molar-refractivity contribution >= 4 is 22.7 Å². The zero-order valence-corrected chi connectivity index (χ0v) is 14.7. The number of rotatable bonds is 5. The summed E-state index contributed by atoms with van der Waals surface area (Å²) < 4.78 is 5.30. The molecule has 0 aliphatic carbocycles. The van der Waals surface area contributed by atoms with E-state index in [1.165, 1.54) is 22.5 Å². The minimum Gasteiger partial charge on any atom is -0.496 e. The molecule has 0 atom stereocenters. The number of ether oxygens (including phenoxy) is 1. The summed E-state index contributed by atoms with van der Waals surface area (Å²) in [6.07, 6.45) is 1.73. The van der Waals surface area contributed by atoms with E-state index in [1.54, 1.807) is 13.3 Å². The fraction of sp³-hybridized carbons (Fsp3) is 0.158. The van der Waals surface area contributed by atoms with E-state index in [9.17, 15) is 0 Å². The SMILES string of the molecule is COc1ccccc1/C=N\Nc1nc(-c2ccc(C)cc2C)cs1. The van der Waals surface area contributed by atoms with Crippen molar-refractivity contribution in [2.45, 2.75) is 13.8 Å². The van der Waals surface area contributed by atoms with Crippen LogP contribution in [0.1, 0.15) is 16.7 Å². The van der Waals surface area contributed by atoms with Crippen LogP contribution in [0.3, 0.4) is 0 Å². The van der Waals surface area contributed by atoms with Crippen LogP contribution in [0.4, 0.5) is 5.13 Å². The van der Waals surface area contributed by atoms with Gasteiger partial charge in [0.25, 0.3) is 0 Å². The van der Waals surface area contributed by atoms with Crippen LogP contribution in [-0.4, -0.2) is 18.3 Å². The lowest BCUT2D eigenvalue weighted by Gasteiger charge is -2.03. The highest BCUT2D eigenvalue weighted by Gasteiger charge is 2.07. The maximum Gasteiger partial charge on any atom is 0.203 e. The Labute approximate surface area is 145 Å². The average Bonchev–Trinajstić information content (AvgIpc) is 3.04. The average molecular weight is 337 g/mol. The molecular formula is C19H19N3OS. The Kier molecular flexibility index (Phi) is 4.91. The number of methoxy groups -OCH3 is 1. The molecule has 3 aromatic rings. The molecule has 0 saturated carbocycles. The third-order valence-electron chi connectivity index (χ3n) is 3.66. The van der Waals surface area contributed by atoms with Crippen molar-refractivity contribution in [1.82, 2.24) is 4.98 Å². The molecule has 0 spiro atoms. The zero-order chi connectivity index (χ0) is 16.9. The maximum atomic E-state index is 5.30. The number of hydrogen-bond donors (Lipinski definition) is 1. The van der Waals surface area contributed by atoms with Gasteiger partial charge in [-0.3, -0.25) is 5.43 Å². The molecule has 0 bridgehead atoms. The van der Waals surface area contributed by atoms with Crippen molar-refractivity contribution in [2.75, 3.05) is 12.5 Å². The number of nitrogens with one attached hydrogen (secondary N) is 1. The van der Waals surface area contributed by atoms with Crippen LogP contribution < -0.4 is 10.2 Å². The molecule has 2 aromatic carbocycles. The number of anilines is 1. The second kappa shape index (κ2) is 7.27. The Morgan fingerprint density at radius 2 is 2.00 bits per heavy atom. The molecule has 0 fully saturated rings. The quantitative estimate of drug-likeness (QED) is 0.533. The second-order valence-electron chi connectivity index (χ2n) is 5.47. The Bertz CT molecular complexity index is 871. The smallest absolute Gasteiger partial charge is 0.203 e. The molecule has 122 valence electrons. The highest BCUT2D eigenvalue weighted by Crippen LogP contribution is 2.28. The molecule has 0 aliphatic heterocycles. The van der Waals surface area contributed by atoms with E-state index in [0.29, 0.717) is 0 Å². The summed E-state index contributed by atoms with van der Waals surface area (Å²) in [7, 11) is 1.65. The first-order chi connectivity index (χ1) is 11.7. The number of aromatic nitrogens is 1. The van der Waals surface area contributed by atoms with Crippen molar-refractivity contribution in [1.29, 1.82) is 0 Å². The van der Waals surface area contributed by atoms with Crippen molar-refractivity contribution < 1.29 is 4.74 Å². The van der Waals surface area contributed by atoms with Gasteiger partial charge in [-0.05, 0) is 31.5 Å². The van der Waals surface area contributed by atoms with Crippen molar-refractivity contribution in [2.24, 2.45) is 5.10 Å². The van der Waals surface area contributed by atoms with Crippen LogP contribution >= 0.6 is 11.3 Å². The minimum absolute atomic E-state index is 0.760. The number of nitrogens with zero attached hydrogens (tertiary/aromatic N) is 2. The third kappa shape index (κ3) is 3.63. The number of benzene rings is 2. The van der Waals surface area contributed by atoms with Gasteiger partial charge in [0, 0.05) is 16.5 Å². The zero-order valence-electron chi connectivity index (χ0n) is 13.9. The van der Waals surface area contributed by atoms with Gasteiger partial charge in [0.15, 0.2) is 0 Å². The topological polar surface area (TPSA) is 46.5 Å². The number of thiazole rings is 1. The first kappa shape index (κ1) is 16.2. The fourth-order valence-electron chi connectivity index (χ4n) is 2.48. The van der Waals surface area contributed by atoms with Gasteiger partial charge in [-0.1, -0.05) is 35.9 Å². The molecule has 0 radical (unpaired) electrons. The third-order valence-corrected chi connectivity index (χ3v) is 4.41. The van der Waals surface area contributed by atoms with Gasteiger partial charge < -0.3 is 4.74 Å². The molecule has 1 heterocycles. The largest absolute Gasteiger partial charge is 0.496 e. The van der Waals surface area contributed by atoms with Crippen LogP contribution in [0.25, 0.3) is 11.3 Å². The molecule has 5 heteroatoms. The van der Waals surface area contributed by atoms with Gasteiger partial charge in [0.2, 0.25) is 5.13 Å². The van der Waals surface area contributed by atoms with Gasteiger partial charge in [-0.15, -0.1) is 11.3 Å². The van der Waals surface area contributed by atoms with E-state index in [0.717, 1.165) is 27.7 Å². The Hall–Kier alpha value is -2.66. The van der Waals surface area contributed by atoms with Crippen LogP contribution in [0.5, 0.6) is 5.75 Å². The monoisotopic (exact) mass is 337 g/mol. The van der Waals surface area contributed by atoms with Crippen molar-refractivity contribution in [3.63, 3.8) is 0 Å². The molecule has 24 heavy (non-hydrogen) atoms. The lowest BCUT2D eigenvalue weighted by molar-refractivity contribution is 0.414. The van der Waals surface area contributed by atoms with E-state index in [4.69, 9.17) is 4.74 Å². The number of hydrogen-bond acceptors (Lipinski definition) is 5. The highest BCUT2D eigenvalue weighted by atomic mass is 32.1. The van der Waals surface area contributed by atoms with Crippen LogP contribution in [0, 0.1) is 13.8 Å². The van der Waals surface area contributed by atoms with E-state index < -0.39 is 0 Å². The van der Waals surface area contributed by atoms with Gasteiger partial charge in [0.05, 0.1) is 19.0 Å². The summed E-state index contributed by atoms with van der Waals surface area (Å²) in [6.45, 7) is 4.20. The van der Waals surface area contributed by atoms with E-state index in [1.807, 2.05) is 29.6 Å². The van der Waals surface area contributed by atoms with Crippen LogP contribution in [0.15, 0.2) is 52.9 Å². The predicted octanol–water partition coefficient (Wildman–Crippen LogP) is 4.88. The summed E-state index contributed by atoms with van der Waals surface area (Å²) in [4.78, 5) is 4.61. The molecular weight excluding hydrogens is 318 g/mol. The molecule has 1 N–H and O–H groups in total. The Balaban J connectivity index is 1.73. The van der Waals surface area contributed by atoms with Crippen molar-refractivity contribution in [3.05, 3.63) is 64.5 Å². The first-order valence-corrected chi connectivity index (χ1v) is 8.50. The minimum atomic E-state index is 0.760. The molecule has 0 saturated heterocycles. The Morgan fingerprint density at radius 3 is 2.79 bits per heavy atom. The van der Waals surface area contributed by atoms with Crippen molar-refractivity contribution in [3.8, 4) is 17.0 Å². The van der Waals surface area contributed by atoms with Crippen LogP contribution in [-0.2, 0) is 0 Å². The standard InChI is InChI=1S/C19H19N3OS/c1-13-8-9-16(14(2)10-13)17-12-24-19(21-17)22-20-11-15-6-4-5-7-18(15)23-3/h4-12H,1-3H3,(H,21,22)/b20-11-. The van der Waals surface area contributed by atoms with Gasteiger partial charge in [-0.25, -0.2) is 4.98 Å². The molecule has 0 unspecified atom stereocenters. The van der Waals surface area contributed by atoms with Gasteiger partial charge in [-0.2, -0.15) is 5.10 Å². The molecule has 3 rings (SSSR count). The molecule has 0 aliphatic rings. The Morgan fingerprint density at radius 1 is 1.17 bits per heavy atom. The number of para-hydroxylation sites is 1. The molecule has 0 amide bonds. The summed E-state index contributed by atoms with van der Waals surface area (Å²) in [5.41, 5.74) is 8.50. The van der Waals surface area contributed by atoms with E-state index in [-0.39, 0.29) is 0 Å². The number of hydrazone groups is 1. The summed E-state index contributed by atoms with van der Waals surface area (Å²) >= 11 is 1.54. The fourth-order valence-corrected chi connectivity index (χ4v) is 3.14. The molecule has 4 nitrogen and oxygen atoms in total. The maximum absolute atomic E-state index is 5.30. The normalized spacial score (nSPS) is 11.0. The highest BCUT2D eigenvalue weighted by molar-refractivity contribution is 7.14. The van der Waals surface area contributed by atoms with Crippen LogP contribution in [0.2, 0.25) is 0 Å². The molecule has 1 aromatic heterocycles. The number of aryl methyl sites for hydroxylation is 2. The summed E-state index contributed by atoms with van der Waals surface area (Å²) in [5.74, 6) is 0.790. The first-order valence-electron chi connectivity index (χ1n) is 7.62. The predicted molar refractivity (Wildman–Crippen MR) is 101 cm³/mol. The summed E-state index contributed by atoms with van der Waals surface area (Å²) in [6, 6.07) is 14.1. The van der Waals surface area contributed by atoms with E-state index >= 15 is 0 Å². The summed E-state index contributed by atoms with van der Waals surface area (Å²) in [5, 5.41) is 7.06.